The van der Waals surface area contributed by atoms with E-state index in [-0.39, 0.29) is 11.8 Å². The van der Waals surface area contributed by atoms with Gasteiger partial charge in [-0.15, -0.1) is 0 Å². The van der Waals surface area contributed by atoms with Crippen LogP contribution in [0, 0.1) is 0 Å². The molecular weight excluding hydrogens is 269 g/mol. The van der Waals surface area contributed by atoms with Crippen LogP contribution >= 0.6 is 0 Å². The minimum Gasteiger partial charge on any atom is -0.397 e. The summed E-state index contributed by atoms with van der Waals surface area (Å²) in [4.78, 5) is 0. The van der Waals surface area contributed by atoms with Crippen LogP contribution in [0.1, 0.15) is 5.56 Å². The predicted octanol–water partition coefficient (Wildman–Crippen LogP) is 3.14. The molecule has 0 amide bonds. The molecule has 1 aromatic carbocycles. The summed E-state index contributed by atoms with van der Waals surface area (Å²) in [7, 11) is 0. The molecule has 0 heterocycles. The molecule has 0 saturated heterocycles. The molecule has 2 nitrogen and oxygen atoms in total. The third-order valence-corrected chi connectivity index (χ3v) is 2.27. The molecular formula is C9H7F7N2. The van der Waals surface area contributed by atoms with Gasteiger partial charge in [0, 0.05) is 5.56 Å². The van der Waals surface area contributed by atoms with Crippen LogP contribution in [0.5, 0.6) is 0 Å². The van der Waals surface area contributed by atoms with E-state index in [1.54, 1.807) is 0 Å². The highest BCUT2D eigenvalue weighted by Crippen LogP contribution is 2.53. The maximum Gasteiger partial charge on any atom is 0.435 e. The van der Waals surface area contributed by atoms with Crippen LogP contribution in [-0.2, 0) is 5.67 Å². The summed E-state index contributed by atoms with van der Waals surface area (Å²) < 4.78 is 87.6. The molecule has 1 rings (SSSR count). The second-order valence-corrected chi connectivity index (χ2v) is 3.50. The number of rotatable bonds is 1. The van der Waals surface area contributed by atoms with E-state index in [0.717, 1.165) is 0 Å². The van der Waals surface area contributed by atoms with Crippen molar-refractivity contribution in [1.29, 1.82) is 0 Å². The molecule has 0 aliphatic carbocycles. The fourth-order valence-corrected chi connectivity index (χ4v) is 1.28. The van der Waals surface area contributed by atoms with Gasteiger partial charge in [0.2, 0.25) is 0 Å². The first kappa shape index (κ1) is 14.4. The van der Waals surface area contributed by atoms with Crippen molar-refractivity contribution in [3.05, 3.63) is 23.8 Å². The lowest BCUT2D eigenvalue weighted by Gasteiger charge is -2.30. The van der Waals surface area contributed by atoms with Crippen molar-refractivity contribution in [2.45, 2.75) is 18.0 Å². The third-order valence-electron chi connectivity index (χ3n) is 2.27. The topological polar surface area (TPSA) is 52.0 Å². The number of hydrogen-bond acceptors (Lipinski definition) is 2. The minimum absolute atomic E-state index is 0.219. The van der Waals surface area contributed by atoms with Gasteiger partial charge >= 0.3 is 18.0 Å². The van der Waals surface area contributed by atoms with Crippen LogP contribution in [0.3, 0.4) is 0 Å². The molecule has 0 unspecified atom stereocenters. The van der Waals surface area contributed by atoms with Gasteiger partial charge in [0.25, 0.3) is 0 Å². The van der Waals surface area contributed by atoms with Crippen LogP contribution in [0.2, 0.25) is 0 Å². The average Bonchev–Trinajstić information content (AvgIpc) is 2.17. The number of nitrogens with two attached hydrogens (primary N) is 2. The third kappa shape index (κ3) is 2.04. The molecule has 0 spiro atoms. The van der Waals surface area contributed by atoms with E-state index in [1.165, 1.54) is 0 Å². The van der Waals surface area contributed by atoms with E-state index in [0.29, 0.717) is 12.1 Å². The van der Waals surface area contributed by atoms with Gasteiger partial charge in [0.1, 0.15) is 0 Å². The van der Waals surface area contributed by atoms with Crippen molar-refractivity contribution in [3.63, 3.8) is 0 Å². The standard InChI is InChI=1S/C9H7F7N2/c10-7(8(11,12)13,9(14,15)16)4-1-2-5(17)6(18)3-4/h1-3H,17-18H2. The molecule has 0 radical (unpaired) electrons. The second kappa shape index (κ2) is 3.92. The summed E-state index contributed by atoms with van der Waals surface area (Å²) in [6.45, 7) is 0. The van der Waals surface area contributed by atoms with Gasteiger partial charge in [-0.05, 0) is 12.1 Å². The van der Waals surface area contributed by atoms with E-state index in [2.05, 4.69) is 0 Å². The predicted molar refractivity (Wildman–Crippen MR) is 50.2 cm³/mol. The lowest BCUT2D eigenvalue weighted by Crippen LogP contribution is -2.50. The van der Waals surface area contributed by atoms with Crippen molar-refractivity contribution in [3.8, 4) is 0 Å². The summed E-state index contributed by atoms with van der Waals surface area (Å²) >= 11 is 0. The highest BCUT2D eigenvalue weighted by atomic mass is 19.4. The van der Waals surface area contributed by atoms with Crippen LogP contribution in [0.4, 0.5) is 42.1 Å². The van der Waals surface area contributed by atoms with Gasteiger partial charge in [-0.3, -0.25) is 0 Å². The van der Waals surface area contributed by atoms with Crippen molar-refractivity contribution in [2.75, 3.05) is 11.5 Å². The molecule has 102 valence electrons. The quantitative estimate of drug-likeness (QED) is 0.611. The van der Waals surface area contributed by atoms with E-state index < -0.39 is 29.3 Å². The number of halogens is 7. The molecule has 0 aromatic heterocycles. The summed E-state index contributed by atoms with van der Waals surface area (Å²) in [6, 6.07) is 1.19. The van der Waals surface area contributed by atoms with Crippen LogP contribution in [-0.4, -0.2) is 12.4 Å². The van der Waals surface area contributed by atoms with E-state index in [4.69, 9.17) is 11.5 Å². The fraction of sp³-hybridized carbons (Fsp3) is 0.333. The molecule has 1 aromatic rings. The normalized spacial score (nSPS) is 13.7. The number of hydrogen-bond donors (Lipinski definition) is 2. The van der Waals surface area contributed by atoms with Gasteiger partial charge in [0.15, 0.2) is 0 Å². The Kier molecular flexibility index (Phi) is 3.14. The molecule has 0 atom stereocenters. The summed E-state index contributed by atoms with van der Waals surface area (Å²) in [5, 5.41) is 0. The Balaban J connectivity index is 3.51. The summed E-state index contributed by atoms with van der Waals surface area (Å²) in [5.41, 5.74) is 2.26. The van der Waals surface area contributed by atoms with Crippen molar-refractivity contribution in [1.82, 2.24) is 0 Å². The lowest BCUT2D eigenvalue weighted by atomic mass is 9.93. The van der Waals surface area contributed by atoms with E-state index in [1.807, 2.05) is 0 Å². The lowest BCUT2D eigenvalue weighted by molar-refractivity contribution is -0.348. The number of anilines is 2. The van der Waals surface area contributed by atoms with Crippen LogP contribution < -0.4 is 11.5 Å². The Morgan fingerprint density at radius 3 is 1.50 bits per heavy atom. The molecule has 0 aliphatic heterocycles. The summed E-state index contributed by atoms with van der Waals surface area (Å²) in [5.74, 6) is 0. The van der Waals surface area contributed by atoms with Crippen molar-refractivity contribution in [2.24, 2.45) is 0 Å². The molecule has 18 heavy (non-hydrogen) atoms. The average molecular weight is 276 g/mol. The second-order valence-electron chi connectivity index (χ2n) is 3.50. The smallest absolute Gasteiger partial charge is 0.397 e. The SMILES string of the molecule is Nc1ccc(C(F)(C(F)(F)F)C(F)(F)F)cc1N. The fourth-order valence-electron chi connectivity index (χ4n) is 1.28. The first-order valence-electron chi connectivity index (χ1n) is 4.39. The maximum atomic E-state index is 13.5. The van der Waals surface area contributed by atoms with Gasteiger partial charge in [-0.25, -0.2) is 4.39 Å². The van der Waals surface area contributed by atoms with Crippen molar-refractivity contribution < 1.29 is 30.7 Å². The zero-order chi connectivity index (χ0) is 14.4. The molecule has 0 aliphatic rings. The zero-order valence-electron chi connectivity index (χ0n) is 8.53. The van der Waals surface area contributed by atoms with Crippen molar-refractivity contribution >= 4 is 11.4 Å². The van der Waals surface area contributed by atoms with Gasteiger partial charge in [0.05, 0.1) is 11.4 Å². The molecule has 0 saturated carbocycles. The number of alkyl halides is 7. The summed E-state index contributed by atoms with van der Waals surface area (Å²) in [6.07, 6.45) is -12.3. The largest absolute Gasteiger partial charge is 0.435 e. The first-order valence-corrected chi connectivity index (χ1v) is 4.39. The number of benzene rings is 1. The zero-order valence-corrected chi connectivity index (χ0v) is 8.53. The highest BCUT2D eigenvalue weighted by molar-refractivity contribution is 5.64. The van der Waals surface area contributed by atoms with Gasteiger partial charge in [-0.1, -0.05) is 6.07 Å². The molecule has 9 heteroatoms. The first-order chi connectivity index (χ1) is 7.91. The Labute approximate surface area is 96.4 Å². The maximum absolute atomic E-state index is 13.5. The minimum atomic E-state index is -6.16. The Morgan fingerprint density at radius 1 is 0.722 bits per heavy atom. The van der Waals surface area contributed by atoms with Crippen LogP contribution in [0.25, 0.3) is 0 Å². The van der Waals surface area contributed by atoms with E-state index in [9.17, 15) is 30.7 Å². The Hall–Kier alpha value is -1.67. The van der Waals surface area contributed by atoms with Crippen LogP contribution in [0.15, 0.2) is 18.2 Å². The molecule has 4 N–H and O–H groups in total. The van der Waals surface area contributed by atoms with E-state index >= 15 is 0 Å². The Morgan fingerprint density at radius 2 is 1.17 bits per heavy atom. The Bertz CT molecular complexity index is 435. The molecule has 0 bridgehead atoms. The highest BCUT2D eigenvalue weighted by Gasteiger charge is 2.73. The monoisotopic (exact) mass is 276 g/mol. The van der Waals surface area contributed by atoms with Gasteiger partial charge < -0.3 is 11.5 Å². The van der Waals surface area contributed by atoms with Gasteiger partial charge in [-0.2, -0.15) is 26.3 Å². The number of nitrogen functional groups attached to an aromatic ring is 2. The molecule has 0 fully saturated rings.